The van der Waals surface area contributed by atoms with Crippen LogP contribution >= 0.6 is 11.6 Å². The molecule has 3 heterocycles. The predicted molar refractivity (Wildman–Crippen MR) is 118 cm³/mol. The van der Waals surface area contributed by atoms with Gasteiger partial charge in [0.15, 0.2) is 5.65 Å². The number of aryl methyl sites for hydroxylation is 1. The van der Waals surface area contributed by atoms with Crippen molar-refractivity contribution >= 4 is 34.1 Å². The molecule has 0 radical (unpaired) electrons. The molecule has 0 amide bonds. The Hall–Kier alpha value is -2.84. The van der Waals surface area contributed by atoms with Crippen molar-refractivity contribution in [3.63, 3.8) is 0 Å². The van der Waals surface area contributed by atoms with Crippen LogP contribution in [0.1, 0.15) is 38.3 Å². The Balaban J connectivity index is 1.54. The highest BCUT2D eigenvalue weighted by molar-refractivity contribution is 6.29. The molecule has 1 aromatic carbocycles. The first-order valence-electron chi connectivity index (χ1n) is 10.3. The molecule has 160 valence electrons. The molecule has 1 aliphatic rings. The van der Waals surface area contributed by atoms with Crippen LogP contribution in [-0.2, 0) is 0 Å². The van der Waals surface area contributed by atoms with E-state index in [0.717, 1.165) is 31.5 Å². The summed E-state index contributed by atoms with van der Waals surface area (Å²) in [6.07, 6.45) is 3.17. The summed E-state index contributed by atoms with van der Waals surface area (Å²) in [5, 5.41) is 18.8. The zero-order chi connectivity index (χ0) is 21.8. The van der Waals surface area contributed by atoms with Gasteiger partial charge in [0.05, 0.1) is 22.3 Å². The molecule has 9 heteroatoms. The smallest absolute Gasteiger partial charge is 0.159 e. The van der Waals surface area contributed by atoms with E-state index < -0.39 is 5.60 Å². The van der Waals surface area contributed by atoms with Crippen LogP contribution in [0.4, 0.5) is 10.2 Å². The van der Waals surface area contributed by atoms with E-state index in [4.69, 9.17) is 16.7 Å². The molecule has 0 spiro atoms. The van der Waals surface area contributed by atoms with Crippen LogP contribution in [0.3, 0.4) is 0 Å². The molecule has 1 aliphatic carbocycles. The SMILES string of the molecule is Cc1nc2ccc(F)cc2nc1-c1cc2nc(Cl)cc(NC3CCC(C)(O)CC3)n2n1. The summed E-state index contributed by atoms with van der Waals surface area (Å²) in [4.78, 5) is 13.5. The molecule has 31 heavy (non-hydrogen) atoms. The van der Waals surface area contributed by atoms with Gasteiger partial charge in [-0.2, -0.15) is 9.61 Å². The maximum atomic E-state index is 13.7. The Morgan fingerprint density at radius 2 is 1.90 bits per heavy atom. The zero-order valence-corrected chi connectivity index (χ0v) is 18.0. The molecule has 0 unspecified atom stereocenters. The molecule has 0 bridgehead atoms. The van der Waals surface area contributed by atoms with Gasteiger partial charge < -0.3 is 10.4 Å². The second-order valence-corrected chi connectivity index (χ2v) is 8.86. The van der Waals surface area contributed by atoms with Gasteiger partial charge in [-0.05, 0) is 51.7 Å². The van der Waals surface area contributed by atoms with Crippen LogP contribution in [0.25, 0.3) is 28.1 Å². The number of halogens is 2. The van der Waals surface area contributed by atoms with E-state index in [1.54, 1.807) is 22.7 Å². The van der Waals surface area contributed by atoms with Gasteiger partial charge in [0.25, 0.3) is 0 Å². The summed E-state index contributed by atoms with van der Waals surface area (Å²) in [5.74, 6) is 0.364. The highest BCUT2D eigenvalue weighted by atomic mass is 35.5. The molecule has 7 nitrogen and oxygen atoms in total. The Labute approximate surface area is 183 Å². The first kappa shape index (κ1) is 20.1. The molecular weight excluding hydrogens is 419 g/mol. The molecular formula is C22H22ClFN6O. The predicted octanol–water partition coefficient (Wildman–Crippen LogP) is 4.55. The third-order valence-corrected chi connectivity index (χ3v) is 6.05. The summed E-state index contributed by atoms with van der Waals surface area (Å²) >= 11 is 6.27. The second kappa shape index (κ2) is 7.39. The number of aromatic nitrogens is 5. The highest BCUT2D eigenvalue weighted by Gasteiger charge is 2.29. The second-order valence-electron chi connectivity index (χ2n) is 8.47. The van der Waals surface area contributed by atoms with Crippen LogP contribution in [0, 0.1) is 12.7 Å². The summed E-state index contributed by atoms with van der Waals surface area (Å²) < 4.78 is 15.4. The summed E-state index contributed by atoms with van der Waals surface area (Å²) in [7, 11) is 0. The first-order valence-corrected chi connectivity index (χ1v) is 10.6. The third kappa shape index (κ3) is 3.93. The van der Waals surface area contributed by atoms with Crippen molar-refractivity contribution in [2.75, 3.05) is 5.32 Å². The topological polar surface area (TPSA) is 88.2 Å². The molecule has 1 fully saturated rings. The van der Waals surface area contributed by atoms with Crippen LogP contribution in [0.15, 0.2) is 30.3 Å². The first-order chi connectivity index (χ1) is 14.8. The molecule has 1 saturated carbocycles. The number of fused-ring (bicyclic) bond motifs is 2. The lowest BCUT2D eigenvalue weighted by Crippen LogP contribution is -2.36. The van der Waals surface area contributed by atoms with Crippen LogP contribution in [0.5, 0.6) is 0 Å². The Bertz CT molecular complexity index is 1290. The van der Waals surface area contributed by atoms with Crippen LogP contribution < -0.4 is 5.32 Å². The minimum atomic E-state index is -0.603. The number of rotatable bonds is 3. The quantitative estimate of drug-likeness (QED) is 0.454. The van der Waals surface area contributed by atoms with Gasteiger partial charge in [0, 0.05) is 24.2 Å². The fourth-order valence-corrected chi connectivity index (χ4v) is 4.30. The lowest BCUT2D eigenvalue weighted by molar-refractivity contribution is 0.0196. The highest BCUT2D eigenvalue weighted by Crippen LogP contribution is 2.31. The summed E-state index contributed by atoms with van der Waals surface area (Å²) in [6, 6.07) is 8.09. The average molecular weight is 441 g/mol. The van der Waals surface area contributed by atoms with Crippen molar-refractivity contribution in [2.24, 2.45) is 0 Å². The van der Waals surface area contributed by atoms with Crippen molar-refractivity contribution in [1.29, 1.82) is 0 Å². The van der Waals surface area contributed by atoms with E-state index in [9.17, 15) is 9.50 Å². The maximum absolute atomic E-state index is 13.7. The van der Waals surface area contributed by atoms with E-state index in [1.807, 2.05) is 13.8 Å². The van der Waals surface area contributed by atoms with Gasteiger partial charge in [-0.3, -0.25) is 0 Å². The number of aliphatic hydroxyl groups is 1. The molecule has 0 saturated heterocycles. The number of nitrogens with zero attached hydrogens (tertiary/aromatic N) is 5. The molecule has 3 aromatic heterocycles. The van der Waals surface area contributed by atoms with Gasteiger partial charge in [0.2, 0.25) is 0 Å². The van der Waals surface area contributed by atoms with E-state index in [1.165, 1.54) is 12.1 Å². The maximum Gasteiger partial charge on any atom is 0.159 e. The van der Waals surface area contributed by atoms with Gasteiger partial charge in [-0.25, -0.2) is 19.3 Å². The molecule has 2 N–H and O–H groups in total. The molecule has 0 aliphatic heterocycles. The number of hydrogen-bond donors (Lipinski definition) is 2. The lowest BCUT2D eigenvalue weighted by Gasteiger charge is -2.33. The summed E-state index contributed by atoms with van der Waals surface area (Å²) in [6.45, 7) is 3.73. The van der Waals surface area contributed by atoms with Gasteiger partial charge in [-0.1, -0.05) is 11.6 Å². The molecule has 5 rings (SSSR count). The minimum Gasteiger partial charge on any atom is -0.390 e. The zero-order valence-electron chi connectivity index (χ0n) is 17.2. The van der Waals surface area contributed by atoms with Gasteiger partial charge in [-0.15, -0.1) is 0 Å². The summed E-state index contributed by atoms with van der Waals surface area (Å²) in [5.41, 5.74) is 2.92. The number of benzene rings is 1. The van der Waals surface area contributed by atoms with Gasteiger partial charge >= 0.3 is 0 Å². The van der Waals surface area contributed by atoms with Crippen LogP contribution in [0.2, 0.25) is 5.15 Å². The Morgan fingerprint density at radius 3 is 2.68 bits per heavy atom. The monoisotopic (exact) mass is 440 g/mol. The van der Waals surface area contributed by atoms with Crippen molar-refractivity contribution in [3.8, 4) is 11.4 Å². The minimum absolute atomic E-state index is 0.208. The van der Waals surface area contributed by atoms with E-state index in [2.05, 4.69) is 20.3 Å². The molecule has 0 atom stereocenters. The average Bonchev–Trinajstić information content (AvgIpc) is 3.13. The van der Waals surface area contributed by atoms with E-state index in [-0.39, 0.29) is 11.9 Å². The van der Waals surface area contributed by atoms with Crippen molar-refractivity contribution in [1.82, 2.24) is 24.6 Å². The fourth-order valence-electron chi connectivity index (χ4n) is 4.11. The van der Waals surface area contributed by atoms with E-state index in [0.29, 0.717) is 38.9 Å². The normalized spacial score (nSPS) is 21.6. The fraction of sp³-hybridized carbons (Fsp3) is 0.364. The lowest BCUT2D eigenvalue weighted by atomic mass is 9.84. The van der Waals surface area contributed by atoms with Crippen molar-refractivity contribution in [2.45, 2.75) is 51.2 Å². The van der Waals surface area contributed by atoms with Crippen molar-refractivity contribution < 1.29 is 9.50 Å². The van der Waals surface area contributed by atoms with Crippen molar-refractivity contribution in [3.05, 3.63) is 47.0 Å². The third-order valence-electron chi connectivity index (χ3n) is 5.85. The number of hydrogen-bond acceptors (Lipinski definition) is 6. The Kier molecular flexibility index (Phi) is 4.79. The molecule has 4 aromatic rings. The van der Waals surface area contributed by atoms with Crippen LogP contribution in [-0.4, -0.2) is 41.3 Å². The van der Waals surface area contributed by atoms with Gasteiger partial charge in [0.1, 0.15) is 28.2 Å². The largest absolute Gasteiger partial charge is 0.390 e. The Morgan fingerprint density at radius 1 is 1.13 bits per heavy atom. The standard InChI is InChI=1S/C22H22ClFN6O/c1-12-21(27-16-9-13(24)3-4-15(16)25-12)17-10-19-28-18(23)11-20(30(19)29-17)26-14-5-7-22(2,31)8-6-14/h3-4,9-11,14,26,31H,5-8H2,1-2H3. The number of anilines is 1. The number of nitrogens with one attached hydrogen (secondary N) is 1. The van der Waals surface area contributed by atoms with E-state index >= 15 is 0 Å².